The van der Waals surface area contributed by atoms with E-state index in [2.05, 4.69) is 5.32 Å². The molecular weight excluding hydrogens is 288 g/mol. The molecule has 0 aromatic heterocycles. The molecule has 0 saturated carbocycles. The maximum absolute atomic E-state index is 12.3. The van der Waals surface area contributed by atoms with E-state index in [-0.39, 0.29) is 5.91 Å². The van der Waals surface area contributed by atoms with Crippen LogP contribution in [0.3, 0.4) is 0 Å². The van der Waals surface area contributed by atoms with Crippen molar-refractivity contribution in [1.82, 2.24) is 0 Å². The normalized spacial score (nSPS) is 15.3. The fraction of sp³-hybridized carbons (Fsp3) is 0.316. The summed E-state index contributed by atoms with van der Waals surface area (Å²) in [6, 6.07) is 15.7. The van der Waals surface area contributed by atoms with Crippen molar-refractivity contribution >= 4 is 11.6 Å². The van der Waals surface area contributed by atoms with E-state index in [1.54, 1.807) is 0 Å². The van der Waals surface area contributed by atoms with Gasteiger partial charge in [0.2, 0.25) is 0 Å². The van der Waals surface area contributed by atoms with Crippen molar-refractivity contribution in [2.75, 3.05) is 31.6 Å². The Balaban J connectivity index is 1.60. The second-order valence-corrected chi connectivity index (χ2v) is 6.06. The van der Waals surface area contributed by atoms with Gasteiger partial charge >= 0.3 is 0 Å². The molecule has 120 valence electrons. The molecule has 3 rings (SSSR count). The Morgan fingerprint density at radius 3 is 2.57 bits per heavy atom. The summed E-state index contributed by atoms with van der Waals surface area (Å²) in [4.78, 5) is 13.8. The molecule has 0 aliphatic carbocycles. The third-order valence-electron chi connectivity index (χ3n) is 4.15. The summed E-state index contributed by atoms with van der Waals surface area (Å²) in [5.74, 6) is -0.0686. The van der Waals surface area contributed by atoms with Gasteiger partial charge in [0, 0.05) is 16.8 Å². The van der Waals surface area contributed by atoms with Crippen LogP contribution >= 0.6 is 0 Å². The van der Waals surface area contributed by atoms with E-state index in [1.807, 2.05) is 55.5 Å². The van der Waals surface area contributed by atoms with Crippen molar-refractivity contribution in [3.05, 3.63) is 65.2 Å². The van der Waals surface area contributed by atoms with Crippen LogP contribution in [0.5, 0.6) is 0 Å². The number of ether oxygens (including phenoxy) is 1. The molecule has 1 fully saturated rings. The zero-order chi connectivity index (χ0) is 16.1. The first-order valence-electron chi connectivity index (χ1n) is 8.09. The summed E-state index contributed by atoms with van der Waals surface area (Å²) in [6.07, 6.45) is 0. The van der Waals surface area contributed by atoms with Gasteiger partial charge in [-0.2, -0.15) is 0 Å². The Kier molecular flexibility index (Phi) is 5.05. The first kappa shape index (κ1) is 15.7. The summed E-state index contributed by atoms with van der Waals surface area (Å²) >= 11 is 0. The summed E-state index contributed by atoms with van der Waals surface area (Å²) in [7, 11) is 0. The number of nitrogens with one attached hydrogen (secondary N) is 2. The van der Waals surface area contributed by atoms with Gasteiger partial charge in [-0.3, -0.25) is 4.79 Å². The average Bonchev–Trinajstić information content (AvgIpc) is 2.56. The maximum Gasteiger partial charge on any atom is 0.255 e. The topological polar surface area (TPSA) is 42.8 Å². The van der Waals surface area contributed by atoms with Crippen LogP contribution in [0.25, 0.3) is 0 Å². The van der Waals surface area contributed by atoms with E-state index < -0.39 is 0 Å². The van der Waals surface area contributed by atoms with Gasteiger partial charge in [0.25, 0.3) is 5.91 Å². The molecule has 0 spiro atoms. The van der Waals surface area contributed by atoms with Crippen LogP contribution in [0, 0.1) is 6.92 Å². The molecular formula is C19H23N2O2+. The van der Waals surface area contributed by atoms with Crippen LogP contribution in [-0.2, 0) is 11.3 Å². The lowest BCUT2D eigenvalue weighted by molar-refractivity contribution is -0.921. The molecule has 1 amide bonds. The standard InChI is InChI=1S/C19H22N2O2/c1-15-3-2-4-18(13-15)20-19(22)17-7-5-16(6-8-17)14-21-9-11-23-12-10-21/h2-8,13H,9-12,14H2,1H3,(H,20,22)/p+1. The Morgan fingerprint density at radius 2 is 1.87 bits per heavy atom. The number of rotatable bonds is 4. The number of aryl methyl sites for hydroxylation is 1. The molecule has 2 aromatic carbocycles. The summed E-state index contributed by atoms with van der Waals surface area (Å²) in [6.45, 7) is 6.78. The second kappa shape index (κ2) is 7.40. The van der Waals surface area contributed by atoms with Gasteiger partial charge in [-0.25, -0.2) is 0 Å². The van der Waals surface area contributed by atoms with Gasteiger partial charge in [-0.1, -0.05) is 24.3 Å². The molecule has 2 N–H and O–H groups in total. The molecule has 1 saturated heterocycles. The van der Waals surface area contributed by atoms with Crippen molar-refractivity contribution in [2.24, 2.45) is 0 Å². The van der Waals surface area contributed by atoms with Crippen molar-refractivity contribution in [3.63, 3.8) is 0 Å². The quantitative estimate of drug-likeness (QED) is 0.902. The van der Waals surface area contributed by atoms with E-state index in [0.29, 0.717) is 5.56 Å². The van der Waals surface area contributed by atoms with Crippen molar-refractivity contribution in [1.29, 1.82) is 0 Å². The summed E-state index contributed by atoms with van der Waals surface area (Å²) in [5.41, 5.74) is 3.91. The number of carbonyl (C=O) groups excluding carboxylic acids is 1. The predicted octanol–water partition coefficient (Wildman–Crippen LogP) is 1.66. The number of anilines is 1. The lowest BCUT2D eigenvalue weighted by Crippen LogP contribution is -3.12. The zero-order valence-corrected chi connectivity index (χ0v) is 13.5. The maximum atomic E-state index is 12.3. The fourth-order valence-corrected chi connectivity index (χ4v) is 2.83. The Hall–Kier alpha value is -2.17. The van der Waals surface area contributed by atoms with Crippen molar-refractivity contribution < 1.29 is 14.4 Å². The van der Waals surface area contributed by atoms with Crippen molar-refractivity contribution in [3.8, 4) is 0 Å². The molecule has 0 radical (unpaired) electrons. The minimum absolute atomic E-state index is 0.0686. The Morgan fingerprint density at radius 1 is 1.13 bits per heavy atom. The van der Waals surface area contributed by atoms with E-state index in [0.717, 1.165) is 44.1 Å². The van der Waals surface area contributed by atoms with Gasteiger partial charge in [-0.15, -0.1) is 0 Å². The number of morpholine rings is 1. The van der Waals surface area contributed by atoms with E-state index in [9.17, 15) is 4.79 Å². The molecule has 23 heavy (non-hydrogen) atoms. The van der Waals surface area contributed by atoms with Crippen LogP contribution in [0.4, 0.5) is 5.69 Å². The van der Waals surface area contributed by atoms with Crippen LogP contribution < -0.4 is 10.2 Å². The molecule has 0 bridgehead atoms. The molecule has 1 aliphatic rings. The molecule has 1 aliphatic heterocycles. The first-order chi connectivity index (χ1) is 11.2. The second-order valence-electron chi connectivity index (χ2n) is 6.06. The monoisotopic (exact) mass is 311 g/mol. The van der Waals surface area contributed by atoms with Gasteiger partial charge in [0.05, 0.1) is 13.2 Å². The number of carbonyl (C=O) groups is 1. The van der Waals surface area contributed by atoms with E-state index in [4.69, 9.17) is 4.74 Å². The third-order valence-corrected chi connectivity index (χ3v) is 4.15. The highest BCUT2D eigenvalue weighted by molar-refractivity contribution is 6.04. The summed E-state index contributed by atoms with van der Waals surface area (Å²) < 4.78 is 5.38. The van der Waals surface area contributed by atoms with E-state index in [1.165, 1.54) is 10.5 Å². The third kappa shape index (κ3) is 4.41. The Bertz CT molecular complexity index is 661. The zero-order valence-electron chi connectivity index (χ0n) is 13.5. The van der Waals surface area contributed by atoms with Crippen LogP contribution in [-0.4, -0.2) is 32.2 Å². The molecule has 2 aromatic rings. The number of amides is 1. The Labute approximate surface area is 137 Å². The highest BCUT2D eigenvalue weighted by Crippen LogP contribution is 2.12. The van der Waals surface area contributed by atoms with Gasteiger partial charge in [-0.05, 0) is 36.8 Å². The lowest BCUT2D eigenvalue weighted by atomic mass is 10.1. The minimum atomic E-state index is -0.0686. The highest BCUT2D eigenvalue weighted by Gasteiger charge is 2.14. The van der Waals surface area contributed by atoms with Crippen LogP contribution in [0.1, 0.15) is 21.5 Å². The van der Waals surface area contributed by atoms with Crippen LogP contribution in [0.2, 0.25) is 0 Å². The predicted molar refractivity (Wildman–Crippen MR) is 90.8 cm³/mol. The molecule has 1 heterocycles. The number of hydrogen-bond donors (Lipinski definition) is 2. The molecule has 4 heteroatoms. The van der Waals surface area contributed by atoms with Gasteiger partial charge in [0.1, 0.15) is 19.6 Å². The fourth-order valence-electron chi connectivity index (χ4n) is 2.83. The van der Waals surface area contributed by atoms with E-state index >= 15 is 0 Å². The molecule has 4 nitrogen and oxygen atoms in total. The van der Waals surface area contributed by atoms with Gasteiger partial charge < -0.3 is 15.0 Å². The summed E-state index contributed by atoms with van der Waals surface area (Å²) in [5, 5.41) is 2.94. The number of quaternary nitrogens is 1. The average molecular weight is 311 g/mol. The van der Waals surface area contributed by atoms with Crippen molar-refractivity contribution in [2.45, 2.75) is 13.5 Å². The SMILES string of the molecule is Cc1cccc(NC(=O)c2ccc(C[NH+]3CCOCC3)cc2)c1. The minimum Gasteiger partial charge on any atom is -0.370 e. The highest BCUT2D eigenvalue weighted by atomic mass is 16.5. The first-order valence-corrected chi connectivity index (χ1v) is 8.09. The van der Waals surface area contributed by atoms with Gasteiger partial charge in [0.15, 0.2) is 0 Å². The molecule has 0 atom stereocenters. The smallest absolute Gasteiger partial charge is 0.255 e. The number of benzene rings is 2. The largest absolute Gasteiger partial charge is 0.370 e. The molecule has 0 unspecified atom stereocenters. The lowest BCUT2D eigenvalue weighted by Gasteiger charge is -2.23. The number of hydrogen-bond acceptors (Lipinski definition) is 2. The van der Waals surface area contributed by atoms with Crippen LogP contribution in [0.15, 0.2) is 48.5 Å².